The van der Waals surface area contributed by atoms with E-state index in [-0.39, 0.29) is 24.0 Å². The normalized spacial score (nSPS) is 25.1. The molecule has 2 amide bonds. The van der Waals surface area contributed by atoms with Crippen LogP contribution < -0.4 is 0 Å². The van der Waals surface area contributed by atoms with Gasteiger partial charge in [0.25, 0.3) is 5.91 Å². The van der Waals surface area contributed by atoms with Crippen molar-refractivity contribution in [2.75, 3.05) is 46.9 Å². The summed E-state index contributed by atoms with van der Waals surface area (Å²) in [5.41, 5.74) is 0.592. The summed E-state index contributed by atoms with van der Waals surface area (Å²) in [4.78, 5) is 32.9. The number of aromatic amines is 1. The van der Waals surface area contributed by atoms with Gasteiger partial charge in [-0.2, -0.15) is 0 Å². The quantitative estimate of drug-likeness (QED) is 0.827. The smallest absolute Gasteiger partial charge is 0.270 e. The first-order valence-electron chi connectivity index (χ1n) is 7.54. The minimum atomic E-state index is -0.0121. The third-order valence-corrected chi connectivity index (χ3v) is 4.37. The van der Waals surface area contributed by atoms with E-state index in [1.807, 2.05) is 6.07 Å². The lowest BCUT2D eigenvalue weighted by Crippen LogP contribution is -2.53. The van der Waals surface area contributed by atoms with Crippen LogP contribution in [-0.4, -0.2) is 90.5 Å². The number of carbonyl (C=O) groups is 2. The predicted octanol–water partition coefficient (Wildman–Crippen LogP) is -0.372. The number of nitrogens with zero attached hydrogens (tertiary/aromatic N) is 3. The zero-order chi connectivity index (χ0) is 15.7. The molecule has 22 heavy (non-hydrogen) atoms. The number of ether oxygens (including phenoxy) is 1. The second kappa shape index (κ2) is 6.10. The van der Waals surface area contributed by atoms with E-state index in [1.54, 1.807) is 36.2 Å². The number of amides is 2. The van der Waals surface area contributed by atoms with Crippen LogP contribution in [0.1, 0.15) is 10.5 Å². The number of morpholine rings is 1. The maximum atomic E-state index is 12.4. The summed E-state index contributed by atoms with van der Waals surface area (Å²) in [7, 11) is 3.52. The third kappa shape index (κ3) is 2.86. The highest BCUT2D eigenvalue weighted by atomic mass is 16.5. The highest BCUT2D eigenvalue weighted by Gasteiger charge is 2.42. The second-order valence-corrected chi connectivity index (χ2v) is 6.03. The summed E-state index contributed by atoms with van der Waals surface area (Å²) in [6, 6.07) is 3.68. The largest absolute Gasteiger partial charge is 0.373 e. The van der Waals surface area contributed by atoms with Gasteiger partial charge in [-0.3, -0.25) is 14.5 Å². The number of rotatable bonds is 3. The molecule has 0 aromatic carbocycles. The molecule has 1 aromatic rings. The predicted molar refractivity (Wildman–Crippen MR) is 80.5 cm³/mol. The van der Waals surface area contributed by atoms with Crippen molar-refractivity contribution in [1.29, 1.82) is 0 Å². The molecule has 7 heteroatoms. The van der Waals surface area contributed by atoms with Crippen LogP contribution >= 0.6 is 0 Å². The molecule has 0 saturated carbocycles. The Morgan fingerprint density at radius 2 is 2.23 bits per heavy atom. The number of likely N-dealkylation sites (tertiary alicyclic amines) is 1. The van der Waals surface area contributed by atoms with Gasteiger partial charge in [-0.15, -0.1) is 0 Å². The standard InChI is InChI=1S/C15H22N4O3/c1-17(2)14(20)10-18-6-7-22-13-9-19(8-12(13)18)15(21)11-4-3-5-16-11/h3-5,12-13,16H,6-10H2,1-2H3/t12-,13+/m0/s1. The monoisotopic (exact) mass is 306 g/mol. The number of fused-ring (bicyclic) bond motifs is 1. The molecule has 2 aliphatic rings. The van der Waals surface area contributed by atoms with E-state index in [0.717, 1.165) is 6.54 Å². The molecule has 0 spiro atoms. The van der Waals surface area contributed by atoms with E-state index in [2.05, 4.69) is 9.88 Å². The van der Waals surface area contributed by atoms with Crippen LogP contribution in [0.4, 0.5) is 0 Å². The minimum Gasteiger partial charge on any atom is -0.373 e. The first-order chi connectivity index (χ1) is 10.6. The molecule has 3 rings (SSSR count). The zero-order valence-corrected chi connectivity index (χ0v) is 13.0. The molecule has 3 heterocycles. The van der Waals surface area contributed by atoms with Crippen LogP contribution in [0, 0.1) is 0 Å². The molecule has 0 aliphatic carbocycles. The maximum Gasteiger partial charge on any atom is 0.270 e. The summed E-state index contributed by atoms with van der Waals surface area (Å²) in [5.74, 6) is 0.0664. The average Bonchev–Trinajstić information content (AvgIpc) is 3.16. The summed E-state index contributed by atoms with van der Waals surface area (Å²) >= 11 is 0. The van der Waals surface area contributed by atoms with Gasteiger partial charge in [0.2, 0.25) is 5.91 Å². The Morgan fingerprint density at radius 1 is 1.41 bits per heavy atom. The molecule has 2 aliphatic heterocycles. The van der Waals surface area contributed by atoms with Crippen molar-refractivity contribution in [3.8, 4) is 0 Å². The van der Waals surface area contributed by atoms with E-state index in [1.165, 1.54) is 0 Å². The van der Waals surface area contributed by atoms with Gasteiger partial charge in [0, 0.05) is 39.9 Å². The van der Waals surface area contributed by atoms with Crippen LogP contribution in [0.2, 0.25) is 0 Å². The summed E-state index contributed by atoms with van der Waals surface area (Å²) in [5, 5.41) is 0. The Labute approximate surface area is 129 Å². The van der Waals surface area contributed by atoms with Gasteiger partial charge in [0.1, 0.15) is 5.69 Å². The summed E-state index contributed by atoms with van der Waals surface area (Å²) in [6.45, 7) is 2.89. The van der Waals surface area contributed by atoms with Crippen LogP contribution in [0.15, 0.2) is 18.3 Å². The molecule has 0 bridgehead atoms. The number of nitrogens with one attached hydrogen (secondary N) is 1. The van der Waals surface area contributed by atoms with Crippen molar-refractivity contribution in [2.45, 2.75) is 12.1 Å². The molecule has 0 radical (unpaired) electrons. The number of carbonyl (C=O) groups excluding carboxylic acids is 2. The fourth-order valence-electron chi connectivity index (χ4n) is 3.07. The van der Waals surface area contributed by atoms with Crippen LogP contribution in [0.3, 0.4) is 0 Å². The maximum absolute atomic E-state index is 12.4. The highest BCUT2D eigenvalue weighted by molar-refractivity contribution is 5.92. The molecule has 7 nitrogen and oxygen atoms in total. The van der Waals surface area contributed by atoms with Crippen molar-refractivity contribution in [2.24, 2.45) is 0 Å². The summed E-state index contributed by atoms with van der Waals surface area (Å²) in [6.07, 6.45) is 1.73. The molecule has 2 fully saturated rings. The van der Waals surface area contributed by atoms with E-state index >= 15 is 0 Å². The van der Waals surface area contributed by atoms with Crippen LogP contribution in [0.25, 0.3) is 0 Å². The lowest BCUT2D eigenvalue weighted by atomic mass is 10.1. The Bertz CT molecular complexity index is 543. The Hall–Kier alpha value is -1.86. The number of likely N-dealkylation sites (N-methyl/N-ethyl adjacent to an activating group) is 1. The summed E-state index contributed by atoms with van der Waals surface area (Å²) < 4.78 is 5.80. The topological polar surface area (TPSA) is 68.9 Å². The number of aromatic nitrogens is 1. The minimum absolute atomic E-state index is 0.0115. The van der Waals surface area contributed by atoms with Crippen LogP contribution in [0.5, 0.6) is 0 Å². The van der Waals surface area contributed by atoms with Gasteiger partial charge in [0.05, 0.1) is 25.3 Å². The third-order valence-electron chi connectivity index (χ3n) is 4.37. The van der Waals surface area contributed by atoms with Gasteiger partial charge in [-0.25, -0.2) is 0 Å². The SMILES string of the molecule is CN(C)C(=O)CN1CCO[C@@H]2CN(C(=O)c3ccc[nH]3)C[C@@H]21. The number of H-pyrrole nitrogens is 1. The first kappa shape index (κ1) is 15.1. The Balaban J connectivity index is 1.67. The fraction of sp³-hybridized carbons (Fsp3) is 0.600. The fourth-order valence-corrected chi connectivity index (χ4v) is 3.07. The molecule has 120 valence electrons. The highest BCUT2D eigenvalue weighted by Crippen LogP contribution is 2.24. The van der Waals surface area contributed by atoms with Gasteiger partial charge in [-0.1, -0.05) is 0 Å². The van der Waals surface area contributed by atoms with E-state index in [0.29, 0.717) is 31.9 Å². The van der Waals surface area contributed by atoms with E-state index in [4.69, 9.17) is 4.74 Å². The van der Waals surface area contributed by atoms with Crippen molar-refractivity contribution in [3.05, 3.63) is 24.0 Å². The van der Waals surface area contributed by atoms with Crippen molar-refractivity contribution < 1.29 is 14.3 Å². The second-order valence-electron chi connectivity index (χ2n) is 6.03. The molecule has 0 unspecified atom stereocenters. The van der Waals surface area contributed by atoms with Gasteiger partial charge >= 0.3 is 0 Å². The Morgan fingerprint density at radius 3 is 2.91 bits per heavy atom. The van der Waals surface area contributed by atoms with Crippen molar-refractivity contribution in [3.63, 3.8) is 0 Å². The number of hydrogen-bond acceptors (Lipinski definition) is 4. The first-order valence-corrected chi connectivity index (χ1v) is 7.54. The van der Waals surface area contributed by atoms with E-state index in [9.17, 15) is 9.59 Å². The lowest BCUT2D eigenvalue weighted by molar-refractivity contribution is -0.133. The molecule has 1 aromatic heterocycles. The zero-order valence-electron chi connectivity index (χ0n) is 13.0. The number of hydrogen-bond donors (Lipinski definition) is 1. The molecule has 1 N–H and O–H groups in total. The Kier molecular flexibility index (Phi) is 4.17. The van der Waals surface area contributed by atoms with Gasteiger partial charge in [-0.05, 0) is 12.1 Å². The molecular weight excluding hydrogens is 284 g/mol. The van der Waals surface area contributed by atoms with Crippen molar-refractivity contribution in [1.82, 2.24) is 19.7 Å². The van der Waals surface area contributed by atoms with Crippen LogP contribution in [-0.2, 0) is 9.53 Å². The van der Waals surface area contributed by atoms with Crippen molar-refractivity contribution >= 4 is 11.8 Å². The molecular formula is C15H22N4O3. The lowest BCUT2D eigenvalue weighted by Gasteiger charge is -2.36. The van der Waals surface area contributed by atoms with Gasteiger partial charge < -0.3 is 19.5 Å². The average molecular weight is 306 g/mol. The van der Waals surface area contributed by atoms with Gasteiger partial charge in [0.15, 0.2) is 0 Å². The molecule has 2 atom stereocenters. The van der Waals surface area contributed by atoms with E-state index < -0.39 is 0 Å². The molecule has 2 saturated heterocycles.